The van der Waals surface area contributed by atoms with E-state index in [0.29, 0.717) is 85.9 Å². The van der Waals surface area contributed by atoms with E-state index in [4.69, 9.17) is 46.9 Å². The molecule has 2 aromatic carbocycles. The normalized spacial score (nSPS) is 29.4. The number of rotatable bonds is 6. The molecular formula is C43H56F2N6O12. The number of aromatic nitrogens is 2. The molecule has 6 saturated heterocycles. The van der Waals surface area contributed by atoms with Crippen LogP contribution in [-0.4, -0.2) is 124 Å². The zero-order chi connectivity index (χ0) is 43.7. The van der Waals surface area contributed by atoms with Crippen molar-refractivity contribution < 1.29 is 65.3 Å². The van der Waals surface area contributed by atoms with Crippen LogP contribution in [0.5, 0.6) is 0 Å². The lowest BCUT2D eigenvalue weighted by molar-refractivity contribution is -0.0446. The van der Waals surface area contributed by atoms with E-state index in [1.807, 2.05) is 51.3 Å². The van der Waals surface area contributed by atoms with Gasteiger partial charge in [0.2, 0.25) is 11.2 Å². The van der Waals surface area contributed by atoms with E-state index < -0.39 is 36.4 Å². The van der Waals surface area contributed by atoms with Gasteiger partial charge < -0.3 is 56.7 Å². The summed E-state index contributed by atoms with van der Waals surface area (Å²) in [6, 6.07) is 2.96. The van der Waals surface area contributed by atoms with Gasteiger partial charge in [-0.3, -0.25) is 9.80 Å². The molecule has 6 aliphatic rings. The second-order valence-electron chi connectivity index (χ2n) is 16.9. The maximum Gasteiger partial charge on any atom is 0.416 e. The average Bonchev–Trinajstić information content (AvgIpc) is 4.08. The summed E-state index contributed by atoms with van der Waals surface area (Å²) in [6.45, 7) is 18.9. The first-order chi connectivity index (χ1) is 29.7. The highest BCUT2D eigenvalue weighted by Gasteiger charge is 2.43. The number of amides is 2. The summed E-state index contributed by atoms with van der Waals surface area (Å²) in [7, 11) is 0. The van der Waals surface area contributed by atoms with Crippen LogP contribution in [0.1, 0.15) is 86.5 Å². The zero-order valence-corrected chi connectivity index (χ0v) is 35.9. The van der Waals surface area contributed by atoms with Crippen LogP contribution in [0.25, 0.3) is 21.9 Å². The fraction of sp³-hybridized carbons (Fsp3) is 0.628. The number of morpholine rings is 2. The number of ether oxygens (including phenoxy) is 8. The summed E-state index contributed by atoms with van der Waals surface area (Å²) in [6.07, 6.45) is -3.41. The molecule has 10 rings (SSSR count). The van der Waals surface area contributed by atoms with Gasteiger partial charge in [0.1, 0.15) is 12.2 Å². The molecule has 2 amide bonds. The fourth-order valence-electron chi connectivity index (χ4n) is 9.16. The highest BCUT2D eigenvalue weighted by molar-refractivity contribution is 6.02. The number of halogens is 2. The Kier molecular flexibility index (Phi) is 12.5. The number of carbonyl (C=O) groups is 2. The van der Waals surface area contributed by atoms with Gasteiger partial charge >= 0.3 is 12.2 Å². The first-order valence-corrected chi connectivity index (χ1v) is 21.2. The van der Waals surface area contributed by atoms with Crippen LogP contribution in [0, 0.1) is 11.6 Å². The molecule has 8 heterocycles. The summed E-state index contributed by atoms with van der Waals surface area (Å²) in [5.41, 5.74) is 1.77. The molecule has 0 saturated carbocycles. The molecule has 18 nitrogen and oxygen atoms in total. The Morgan fingerprint density at radius 1 is 0.556 bits per heavy atom. The minimum Gasteiger partial charge on any atom is -0.444 e. The SMILES string of the molecule is C.C[C@@H]1CN(c2c(C3OCCO3)cc3c(N4C(=O)O[C@@H](C)[C@H]4C)noc3c2F)C[C@@H](C)O1.C[C@@H]1CN(c2c(C3OCCO3)cc3c(N4C(=O)O[C@H](C)[C@@H]4C)noc3c2F)C[C@@H](C)O1. The highest BCUT2D eigenvalue weighted by Crippen LogP contribution is 2.45. The molecular weight excluding hydrogens is 830 g/mol. The maximum absolute atomic E-state index is 15.9. The molecule has 2 aromatic heterocycles. The second kappa shape index (κ2) is 17.6. The number of anilines is 4. The van der Waals surface area contributed by atoms with E-state index in [2.05, 4.69) is 10.3 Å². The minimum absolute atomic E-state index is 0. The summed E-state index contributed by atoms with van der Waals surface area (Å²) in [5.74, 6) is -0.657. The van der Waals surface area contributed by atoms with Crippen LogP contribution in [0.15, 0.2) is 21.2 Å². The van der Waals surface area contributed by atoms with Crippen molar-refractivity contribution in [2.45, 2.75) is 124 Å². The molecule has 6 fully saturated rings. The van der Waals surface area contributed by atoms with Crippen molar-refractivity contribution >= 4 is 57.1 Å². The van der Waals surface area contributed by atoms with Crippen LogP contribution in [0.2, 0.25) is 0 Å². The Balaban J connectivity index is 0.000000170. The predicted octanol–water partition coefficient (Wildman–Crippen LogP) is 7.36. The van der Waals surface area contributed by atoms with Gasteiger partial charge in [0.15, 0.2) is 35.9 Å². The second-order valence-corrected chi connectivity index (χ2v) is 16.9. The van der Waals surface area contributed by atoms with Gasteiger partial charge in [0.25, 0.3) is 0 Å². The Labute approximate surface area is 363 Å². The van der Waals surface area contributed by atoms with Gasteiger partial charge in [-0.05, 0) is 67.5 Å². The number of cyclic esters (lactones) is 2. The molecule has 8 atom stereocenters. The standard InChI is InChI=1S/2C21H26FN3O6.CH4/c2*1-10-8-24(9-11(2)29-10)17-14(20-27-5-6-28-20)7-15-18(16(17)22)31-23-19(15)25-12(3)13(4)30-21(25)26;/h2*7,10-13,20H,5-6,8-9H2,1-4H3;1H4/t10-,11-,12+,13-;10-,11-,12-,13+;/m11./s1. The molecule has 0 aliphatic carbocycles. The summed E-state index contributed by atoms with van der Waals surface area (Å²) < 4.78 is 87.8. The molecule has 0 N–H and O–H groups in total. The quantitative estimate of drug-likeness (QED) is 0.188. The van der Waals surface area contributed by atoms with Crippen molar-refractivity contribution in [1.82, 2.24) is 10.3 Å². The summed E-state index contributed by atoms with van der Waals surface area (Å²) in [5, 5.41) is 8.84. The Bertz CT molecular complexity index is 2150. The first-order valence-electron chi connectivity index (χ1n) is 21.2. The number of carbonyl (C=O) groups excluding carboxylic acids is 2. The molecule has 0 spiro atoms. The third-order valence-corrected chi connectivity index (χ3v) is 12.2. The minimum atomic E-state index is -0.716. The predicted molar refractivity (Wildman–Crippen MR) is 224 cm³/mol. The Morgan fingerprint density at radius 3 is 1.19 bits per heavy atom. The molecule has 344 valence electrons. The summed E-state index contributed by atoms with van der Waals surface area (Å²) in [4.78, 5) is 31.5. The molecule has 20 heteroatoms. The van der Waals surface area contributed by atoms with Crippen molar-refractivity contribution in [2.75, 3.05) is 72.2 Å². The van der Waals surface area contributed by atoms with Crippen LogP contribution in [0.4, 0.5) is 41.4 Å². The third-order valence-electron chi connectivity index (χ3n) is 12.2. The monoisotopic (exact) mass is 886 g/mol. The van der Waals surface area contributed by atoms with E-state index in [1.165, 1.54) is 9.80 Å². The topological polar surface area (TPSA) is 173 Å². The van der Waals surface area contributed by atoms with Gasteiger partial charge in [-0.25, -0.2) is 18.4 Å². The van der Waals surface area contributed by atoms with E-state index >= 15 is 8.78 Å². The lowest BCUT2D eigenvalue weighted by Gasteiger charge is -2.38. The smallest absolute Gasteiger partial charge is 0.416 e. The number of hydrogen-bond acceptors (Lipinski definition) is 16. The largest absolute Gasteiger partial charge is 0.444 e. The Morgan fingerprint density at radius 2 is 0.889 bits per heavy atom. The van der Waals surface area contributed by atoms with Crippen molar-refractivity contribution in [3.05, 3.63) is 34.9 Å². The highest BCUT2D eigenvalue weighted by atomic mass is 19.1. The summed E-state index contributed by atoms with van der Waals surface area (Å²) >= 11 is 0. The molecule has 0 unspecified atom stereocenters. The van der Waals surface area contributed by atoms with Crippen LogP contribution in [-0.2, 0) is 37.9 Å². The van der Waals surface area contributed by atoms with Crippen LogP contribution >= 0.6 is 0 Å². The van der Waals surface area contributed by atoms with Crippen molar-refractivity contribution in [2.24, 2.45) is 0 Å². The number of hydrogen-bond donors (Lipinski definition) is 0. The van der Waals surface area contributed by atoms with E-state index in [-0.39, 0.29) is 78.9 Å². The lowest BCUT2D eigenvalue weighted by atomic mass is 10.0. The molecule has 63 heavy (non-hydrogen) atoms. The van der Waals surface area contributed by atoms with Crippen molar-refractivity contribution in [3.8, 4) is 0 Å². The van der Waals surface area contributed by atoms with Crippen LogP contribution in [0.3, 0.4) is 0 Å². The van der Waals surface area contributed by atoms with Gasteiger partial charge in [-0.1, -0.05) is 17.7 Å². The zero-order valence-electron chi connectivity index (χ0n) is 35.9. The van der Waals surface area contributed by atoms with Crippen molar-refractivity contribution in [1.29, 1.82) is 0 Å². The lowest BCUT2D eigenvalue weighted by Crippen LogP contribution is -2.46. The number of fused-ring (bicyclic) bond motifs is 2. The first kappa shape index (κ1) is 44.7. The molecule has 0 radical (unpaired) electrons. The maximum atomic E-state index is 15.9. The average molecular weight is 887 g/mol. The van der Waals surface area contributed by atoms with Gasteiger partial charge in [0.05, 0.1) is 85.1 Å². The van der Waals surface area contributed by atoms with Crippen LogP contribution < -0.4 is 19.6 Å². The van der Waals surface area contributed by atoms with Gasteiger partial charge in [-0.2, -0.15) is 0 Å². The molecule has 4 aromatic rings. The van der Waals surface area contributed by atoms with Gasteiger partial charge in [0, 0.05) is 37.3 Å². The Hall–Kier alpha value is -4.86. The van der Waals surface area contributed by atoms with E-state index in [9.17, 15) is 9.59 Å². The van der Waals surface area contributed by atoms with E-state index in [0.717, 1.165) is 0 Å². The van der Waals surface area contributed by atoms with Crippen molar-refractivity contribution in [3.63, 3.8) is 0 Å². The number of nitrogens with zero attached hydrogens (tertiary/aromatic N) is 6. The molecule has 0 bridgehead atoms. The third kappa shape index (κ3) is 8.02. The van der Waals surface area contributed by atoms with Gasteiger partial charge in [-0.15, -0.1) is 0 Å². The number of benzene rings is 2. The fourth-order valence-corrected chi connectivity index (χ4v) is 9.16. The molecule has 6 aliphatic heterocycles. The van der Waals surface area contributed by atoms with E-state index in [1.54, 1.807) is 26.0 Å².